The van der Waals surface area contributed by atoms with Gasteiger partial charge in [0.1, 0.15) is 5.75 Å². The van der Waals surface area contributed by atoms with E-state index in [4.69, 9.17) is 33.7 Å². The van der Waals surface area contributed by atoms with Crippen LogP contribution in [0.5, 0.6) is 5.75 Å². The molecular weight excluding hydrogens is 371 g/mol. The quantitative estimate of drug-likeness (QED) is 0.736. The molecule has 1 heterocycles. The average Bonchev–Trinajstić information content (AvgIpc) is 2.53. The van der Waals surface area contributed by atoms with Crippen molar-refractivity contribution in [3.63, 3.8) is 0 Å². The van der Waals surface area contributed by atoms with Crippen molar-refractivity contribution in [3.05, 3.63) is 28.2 Å². The summed E-state index contributed by atoms with van der Waals surface area (Å²) in [5.41, 5.74) is 5.96. The molecule has 1 aliphatic heterocycles. The van der Waals surface area contributed by atoms with E-state index in [0.29, 0.717) is 41.2 Å². The van der Waals surface area contributed by atoms with Crippen molar-refractivity contribution in [2.75, 3.05) is 19.7 Å². The normalized spacial score (nSPS) is 18.7. The Morgan fingerprint density at radius 1 is 1.46 bits per heavy atom. The lowest BCUT2D eigenvalue weighted by atomic mass is 9.92. The highest BCUT2D eigenvalue weighted by Gasteiger charge is 2.25. The molecule has 0 radical (unpaired) electrons. The summed E-state index contributed by atoms with van der Waals surface area (Å²) in [5, 5.41) is 1.06. The molecule has 1 amide bonds. The summed E-state index contributed by atoms with van der Waals surface area (Å²) in [5.74, 6) is 1.19. The first kappa shape index (κ1) is 21.4. The minimum atomic E-state index is 0. The second kappa shape index (κ2) is 10.3. The number of nitrogens with zero attached hydrogens (tertiary/aromatic N) is 1. The highest BCUT2D eigenvalue weighted by atomic mass is 35.5. The molecular formula is C17H25Cl3N2O2. The Hall–Kier alpha value is -0.680. The van der Waals surface area contributed by atoms with Gasteiger partial charge in [-0.1, -0.05) is 23.2 Å². The summed E-state index contributed by atoms with van der Waals surface area (Å²) in [6.07, 6.45) is 3.29. The van der Waals surface area contributed by atoms with E-state index in [9.17, 15) is 4.79 Å². The van der Waals surface area contributed by atoms with Crippen LogP contribution in [0.25, 0.3) is 0 Å². The van der Waals surface area contributed by atoms with E-state index < -0.39 is 0 Å². The zero-order valence-electron chi connectivity index (χ0n) is 13.8. The molecule has 1 aliphatic rings. The number of piperidine rings is 1. The summed E-state index contributed by atoms with van der Waals surface area (Å²) < 4.78 is 5.61. The maximum atomic E-state index is 12.3. The number of nitrogens with two attached hydrogens (primary N) is 1. The first-order valence-corrected chi connectivity index (χ1v) is 8.84. The van der Waals surface area contributed by atoms with Gasteiger partial charge in [-0.2, -0.15) is 0 Å². The van der Waals surface area contributed by atoms with Crippen LogP contribution in [0.4, 0.5) is 0 Å². The van der Waals surface area contributed by atoms with Gasteiger partial charge in [0, 0.05) is 30.6 Å². The van der Waals surface area contributed by atoms with Gasteiger partial charge in [0.15, 0.2) is 0 Å². The summed E-state index contributed by atoms with van der Waals surface area (Å²) >= 11 is 11.9. The Kier molecular flexibility index (Phi) is 9.21. The standard InChI is InChI=1S/C17H24Cl2N2O2.ClH/c1-12(20)13-4-2-8-21(11-13)17(22)5-3-9-23-16-7-6-14(18)10-15(16)19;/h6-7,10,12-13H,2-5,8-9,11,20H2,1H3;1H. The van der Waals surface area contributed by atoms with Crippen LogP contribution in [-0.4, -0.2) is 36.5 Å². The molecule has 2 atom stereocenters. The third kappa shape index (κ3) is 6.32. The van der Waals surface area contributed by atoms with Crippen LogP contribution in [0.3, 0.4) is 0 Å². The summed E-state index contributed by atoms with van der Waals surface area (Å²) in [6.45, 7) is 4.09. The molecule has 0 saturated carbocycles. The van der Waals surface area contributed by atoms with Crippen molar-refractivity contribution in [1.82, 2.24) is 4.90 Å². The molecule has 2 N–H and O–H groups in total. The maximum Gasteiger partial charge on any atom is 0.222 e. The fraction of sp³-hybridized carbons (Fsp3) is 0.588. The fourth-order valence-corrected chi connectivity index (χ4v) is 3.28. The van der Waals surface area contributed by atoms with E-state index in [1.54, 1.807) is 18.2 Å². The van der Waals surface area contributed by atoms with Crippen molar-refractivity contribution in [3.8, 4) is 5.75 Å². The topological polar surface area (TPSA) is 55.6 Å². The van der Waals surface area contributed by atoms with Crippen LogP contribution in [0.1, 0.15) is 32.6 Å². The van der Waals surface area contributed by atoms with Gasteiger partial charge in [0.25, 0.3) is 0 Å². The number of carbonyl (C=O) groups is 1. The number of hydrogen-bond acceptors (Lipinski definition) is 3. The van der Waals surface area contributed by atoms with Crippen molar-refractivity contribution in [2.24, 2.45) is 11.7 Å². The smallest absolute Gasteiger partial charge is 0.222 e. The van der Waals surface area contributed by atoms with Gasteiger partial charge < -0.3 is 15.4 Å². The molecule has 1 aromatic carbocycles. The second-order valence-electron chi connectivity index (χ2n) is 6.13. The van der Waals surface area contributed by atoms with E-state index >= 15 is 0 Å². The van der Waals surface area contributed by atoms with Crippen LogP contribution >= 0.6 is 35.6 Å². The van der Waals surface area contributed by atoms with Crippen molar-refractivity contribution in [2.45, 2.75) is 38.6 Å². The number of halogens is 3. The molecule has 0 spiro atoms. The van der Waals surface area contributed by atoms with Gasteiger partial charge in [-0.25, -0.2) is 0 Å². The molecule has 1 fully saturated rings. The zero-order chi connectivity index (χ0) is 16.8. The van der Waals surface area contributed by atoms with Gasteiger partial charge in [-0.15, -0.1) is 12.4 Å². The number of hydrogen-bond donors (Lipinski definition) is 1. The van der Waals surface area contributed by atoms with Crippen LogP contribution in [0, 0.1) is 5.92 Å². The van der Waals surface area contributed by atoms with E-state index in [-0.39, 0.29) is 24.4 Å². The fourth-order valence-electron chi connectivity index (χ4n) is 2.82. The Bertz CT molecular complexity index is 541. The molecule has 24 heavy (non-hydrogen) atoms. The van der Waals surface area contributed by atoms with E-state index in [1.807, 2.05) is 11.8 Å². The predicted octanol–water partition coefficient (Wildman–Crippen LogP) is 4.16. The SMILES string of the molecule is CC(N)C1CCCN(C(=O)CCCOc2ccc(Cl)cc2Cl)C1.Cl. The van der Waals surface area contributed by atoms with Gasteiger partial charge in [-0.05, 0) is 50.3 Å². The molecule has 136 valence electrons. The molecule has 1 saturated heterocycles. The highest BCUT2D eigenvalue weighted by Crippen LogP contribution is 2.27. The molecule has 1 aromatic rings. The lowest BCUT2D eigenvalue weighted by molar-refractivity contribution is -0.133. The van der Waals surface area contributed by atoms with Crippen LogP contribution in [0.2, 0.25) is 10.0 Å². The Balaban J connectivity index is 0.00000288. The molecule has 0 aliphatic carbocycles. The van der Waals surface area contributed by atoms with E-state index in [0.717, 1.165) is 25.9 Å². The first-order valence-electron chi connectivity index (χ1n) is 8.08. The van der Waals surface area contributed by atoms with Gasteiger partial charge in [0.2, 0.25) is 5.91 Å². The number of ether oxygens (including phenoxy) is 1. The summed E-state index contributed by atoms with van der Waals surface area (Å²) in [4.78, 5) is 14.2. The summed E-state index contributed by atoms with van der Waals surface area (Å²) in [6, 6.07) is 5.26. The van der Waals surface area contributed by atoms with Crippen LogP contribution < -0.4 is 10.5 Å². The third-order valence-corrected chi connectivity index (χ3v) is 4.77. The molecule has 2 unspecified atom stereocenters. The van der Waals surface area contributed by atoms with Gasteiger partial charge >= 0.3 is 0 Å². The number of rotatable bonds is 6. The number of likely N-dealkylation sites (tertiary alicyclic amines) is 1. The Morgan fingerprint density at radius 3 is 2.88 bits per heavy atom. The number of amides is 1. The predicted molar refractivity (Wildman–Crippen MR) is 101 cm³/mol. The van der Waals surface area contributed by atoms with E-state index in [2.05, 4.69) is 0 Å². The van der Waals surface area contributed by atoms with Crippen molar-refractivity contribution in [1.29, 1.82) is 0 Å². The monoisotopic (exact) mass is 394 g/mol. The van der Waals surface area contributed by atoms with Crippen LogP contribution in [0.15, 0.2) is 18.2 Å². The van der Waals surface area contributed by atoms with Gasteiger partial charge in [-0.3, -0.25) is 4.79 Å². The third-order valence-electron chi connectivity index (χ3n) is 4.24. The molecule has 4 nitrogen and oxygen atoms in total. The summed E-state index contributed by atoms with van der Waals surface area (Å²) in [7, 11) is 0. The second-order valence-corrected chi connectivity index (χ2v) is 6.97. The van der Waals surface area contributed by atoms with Crippen LogP contribution in [-0.2, 0) is 4.79 Å². The van der Waals surface area contributed by atoms with Gasteiger partial charge in [0.05, 0.1) is 11.6 Å². The zero-order valence-corrected chi connectivity index (χ0v) is 16.2. The lowest BCUT2D eigenvalue weighted by Crippen LogP contribution is -2.45. The average molecular weight is 396 g/mol. The van der Waals surface area contributed by atoms with Crippen molar-refractivity contribution >= 4 is 41.5 Å². The largest absolute Gasteiger partial charge is 0.492 e. The van der Waals surface area contributed by atoms with E-state index in [1.165, 1.54) is 0 Å². The first-order chi connectivity index (χ1) is 11.0. The minimum Gasteiger partial charge on any atom is -0.492 e. The Labute approximate surface area is 160 Å². The molecule has 2 rings (SSSR count). The molecule has 0 bridgehead atoms. The number of carbonyl (C=O) groups excluding carboxylic acids is 1. The minimum absolute atomic E-state index is 0. The maximum absolute atomic E-state index is 12.3. The van der Waals surface area contributed by atoms with Crippen molar-refractivity contribution < 1.29 is 9.53 Å². The Morgan fingerprint density at radius 2 is 2.21 bits per heavy atom. The lowest BCUT2D eigenvalue weighted by Gasteiger charge is -2.34. The number of benzene rings is 1. The molecule has 7 heteroatoms. The molecule has 0 aromatic heterocycles. The highest BCUT2D eigenvalue weighted by molar-refractivity contribution is 6.35.